The number of nitrogens with one attached hydrogen (secondary N) is 1. The number of hydrogen-bond acceptors (Lipinski definition) is 2. The van der Waals surface area contributed by atoms with E-state index >= 15 is 0 Å². The molecule has 17 heavy (non-hydrogen) atoms. The van der Waals surface area contributed by atoms with Crippen molar-refractivity contribution in [1.82, 2.24) is 9.55 Å². The van der Waals surface area contributed by atoms with Crippen LogP contribution in [-0.4, -0.2) is 9.55 Å². The Labute approximate surface area is 96.7 Å². The maximum Gasteiger partial charge on any atom is 0.251 e. The lowest BCUT2D eigenvalue weighted by Gasteiger charge is -1.97. The third-order valence-corrected chi connectivity index (χ3v) is 3.01. The summed E-state index contributed by atoms with van der Waals surface area (Å²) < 4.78 is 1.57. The van der Waals surface area contributed by atoms with Crippen LogP contribution >= 0.6 is 0 Å². The number of benzene rings is 1. The predicted molar refractivity (Wildman–Crippen MR) is 65.8 cm³/mol. The number of hydrogen-bond donors (Lipinski definition) is 1. The van der Waals surface area contributed by atoms with Crippen molar-refractivity contribution in [2.45, 2.75) is 0 Å². The van der Waals surface area contributed by atoms with Gasteiger partial charge in [-0.2, -0.15) is 5.26 Å². The van der Waals surface area contributed by atoms with Crippen molar-refractivity contribution in [2.24, 2.45) is 7.05 Å². The van der Waals surface area contributed by atoms with Gasteiger partial charge in [-0.15, -0.1) is 0 Å². The number of aromatic nitrogens is 2. The Kier molecular flexibility index (Phi) is 1.83. The molecule has 0 amide bonds. The number of nitrogens with zero attached hydrogens (tertiary/aromatic N) is 2. The first-order chi connectivity index (χ1) is 8.20. The molecule has 0 aliphatic rings. The number of rotatable bonds is 0. The van der Waals surface area contributed by atoms with Crippen molar-refractivity contribution in [3.05, 3.63) is 46.2 Å². The number of fused-ring (bicyclic) bond motifs is 3. The third kappa shape index (κ3) is 1.26. The monoisotopic (exact) mass is 223 g/mol. The second-order valence-corrected chi connectivity index (χ2v) is 3.99. The highest BCUT2D eigenvalue weighted by Crippen LogP contribution is 2.24. The number of aromatic amines is 1. The van der Waals surface area contributed by atoms with Crippen LogP contribution in [0.15, 0.2) is 35.1 Å². The van der Waals surface area contributed by atoms with Crippen molar-refractivity contribution in [1.29, 1.82) is 5.26 Å². The number of H-pyrrole nitrogens is 1. The Morgan fingerprint density at radius 1 is 1.24 bits per heavy atom. The fourth-order valence-corrected chi connectivity index (χ4v) is 2.08. The molecule has 4 nitrogen and oxygen atoms in total. The summed E-state index contributed by atoms with van der Waals surface area (Å²) in [5.74, 6) is 0. The molecule has 1 aromatic carbocycles. The lowest BCUT2D eigenvalue weighted by atomic mass is 10.1. The van der Waals surface area contributed by atoms with Gasteiger partial charge in [0.2, 0.25) is 0 Å². The molecule has 0 aliphatic carbocycles. The van der Waals surface area contributed by atoms with Crippen LogP contribution in [0.3, 0.4) is 0 Å². The second kappa shape index (κ2) is 3.22. The van der Waals surface area contributed by atoms with E-state index < -0.39 is 0 Å². The Morgan fingerprint density at radius 2 is 2.06 bits per heavy atom. The van der Waals surface area contributed by atoms with Crippen LogP contribution in [-0.2, 0) is 7.05 Å². The number of aryl methyl sites for hydroxylation is 1. The zero-order chi connectivity index (χ0) is 12.0. The highest BCUT2D eigenvalue weighted by molar-refractivity contribution is 6.06. The molecule has 0 saturated heterocycles. The Hall–Kier alpha value is -2.54. The fourth-order valence-electron chi connectivity index (χ4n) is 2.08. The lowest BCUT2D eigenvalue weighted by Crippen LogP contribution is -2.14. The topological polar surface area (TPSA) is 61.6 Å². The molecule has 3 rings (SSSR count). The predicted octanol–water partition coefficient (Wildman–Crippen LogP) is 1.89. The summed E-state index contributed by atoms with van der Waals surface area (Å²) in [7, 11) is 1.73. The molecule has 82 valence electrons. The summed E-state index contributed by atoms with van der Waals surface area (Å²) in [6.45, 7) is 0. The third-order valence-electron chi connectivity index (χ3n) is 3.01. The fraction of sp³-hybridized carbons (Fsp3) is 0.0769. The van der Waals surface area contributed by atoms with Gasteiger partial charge in [0.25, 0.3) is 5.56 Å². The summed E-state index contributed by atoms with van der Waals surface area (Å²) in [6.07, 6.45) is 0. The van der Waals surface area contributed by atoms with Gasteiger partial charge >= 0.3 is 0 Å². The minimum atomic E-state index is -0.0513. The van der Waals surface area contributed by atoms with Gasteiger partial charge in [0, 0.05) is 29.4 Å². The minimum Gasteiger partial charge on any atom is -0.341 e. The molecule has 0 unspecified atom stereocenters. The molecule has 0 atom stereocenters. The first kappa shape index (κ1) is 9.67. The van der Waals surface area contributed by atoms with Gasteiger partial charge in [-0.25, -0.2) is 0 Å². The normalized spacial score (nSPS) is 10.8. The standard InChI is InChI=1S/C13H9N3O/c1-16-12(17)5-3-9-10-6-8(7-14)2-4-11(10)15-13(9)16/h2-6,15H,1H3. The molecule has 2 heterocycles. The van der Waals surface area contributed by atoms with Crippen LogP contribution in [0.1, 0.15) is 5.56 Å². The van der Waals surface area contributed by atoms with Crippen molar-refractivity contribution < 1.29 is 0 Å². The second-order valence-electron chi connectivity index (χ2n) is 3.99. The Balaban J connectivity index is 2.56. The van der Waals surface area contributed by atoms with E-state index in [1.54, 1.807) is 23.7 Å². The smallest absolute Gasteiger partial charge is 0.251 e. The van der Waals surface area contributed by atoms with Crippen LogP contribution in [0.5, 0.6) is 0 Å². The molecule has 0 radical (unpaired) electrons. The van der Waals surface area contributed by atoms with Crippen molar-refractivity contribution >= 4 is 21.9 Å². The van der Waals surface area contributed by atoms with E-state index in [0.29, 0.717) is 5.56 Å². The SMILES string of the molecule is Cn1c(=O)ccc2c3cc(C#N)ccc3[nH]c21. The lowest BCUT2D eigenvalue weighted by molar-refractivity contribution is 0.894. The zero-order valence-electron chi connectivity index (χ0n) is 9.19. The molecule has 4 heteroatoms. The van der Waals surface area contributed by atoms with Crippen LogP contribution < -0.4 is 5.56 Å². The van der Waals surface area contributed by atoms with Gasteiger partial charge < -0.3 is 4.98 Å². The largest absolute Gasteiger partial charge is 0.341 e. The van der Waals surface area contributed by atoms with Gasteiger partial charge in [-0.3, -0.25) is 9.36 Å². The summed E-state index contributed by atoms with van der Waals surface area (Å²) in [4.78, 5) is 14.7. The van der Waals surface area contributed by atoms with E-state index in [1.165, 1.54) is 6.07 Å². The molecule has 0 saturated carbocycles. The van der Waals surface area contributed by atoms with Gasteiger partial charge in [0.05, 0.1) is 11.6 Å². The first-order valence-electron chi connectivity index (χ1n) is 5.22. The average molecular weight is 223 g/mol. The highest BCUT2D eigenvalue weighted by atomic mass is 16.1. The van der Waals surface area contributed by atoms with Crippen LogP contribution in [0.4, 0.5) is 0 Å². The summed E-state index contributed by atoms with van der Waals surface area (Å²) in [5.41, 5.74) is 2.28. The molecule has 3 aromatic rings. The Morgan fingerprint density at radius 3 is 2.82 bits per heavy atom. The van der Waals surface area contributed by atoms with Gasteiger partial charge in [0.1, 0.15) is 5.65 Å². The van der Waals surface area contributed by atoms with Crippen molar-refractivity contribution in [2.75, 3.05) is 0 Å². The number of pyridine rings is 1. The summed E-state index contributed by atoms with van der Waals surface area (Å²) in [5, 5.41) is 10.8. The molecule has 2 aromatic heterocycles. The zero-order valence-corrected chi connectivity index (χ0v) is 9.19. The summed E-state index contributed by atoms with van der Waals surface area (Å²) in [6, 6.07) is 10.9. The molecule has 0 bridgehead atoms. The number of nitriles is 1. The molecule has 1 N–H and O–H groups in total. The summed E-state index contributed by atoms with van der Waals surface area (Å²) >= 11 is 0. The van der Waals surface area contributed by atoms with E-state index in [2.05, 4.69) is 11.1 Å². The van der Waals surface area contributed by atoms with E-state index in [1.807, 2.05) is 12.1 Å². The minimum absolute atomic E-state index is 0.0513. The molecule has 0 aliphatic heterocycles. The van der Waals surface area contributed by atoms with Crippen molar-refractivity contribution in [3.63, 3.8) is 0 Å². The van der Waals surface area contributed by atoms with Gasteiger partial charge in [0.15, 0.2) is 0 Å². The first-order valence-corrected chi connectivity index (χ1v) is 5.22. The molecular formula is C13H9N3O. The van der Waals surface area contributed by atoms with E-state index in [-0.39, 0.29) is 5.56 Å². The van der Waals surface area contributed by atoms with Crippen LogP contribution in [0.2, 0.25) is 0 Å². The van der Waals surface area contributed by atoms with Crippen LogP contribution in [0, 0.1) is 11.3 Å². The van der Waals surface area contributed by atoms with Crippen molar-refractivity contribution in [3.8, 4) is 6.07 Å². The molecule has 0 spiro atoms. The molecule has 0 fully saturated rings. The molecular weight excluding hydrogens is 214 g/mol. The van der Waals surface area contributed by atoms with E-state index in [4.69, 9.17) is 5.26 Å². The van der Waals surface area contributed by atoms with Gasteiger partial charge in [-0.1, -0.05) is 0 Å². The average Bonchev–Trinajstić information content (AvgIpc) is 2.72. The highest BCUT2D eigenvalue weighted by Gasteiger charge is 2.07. The van der Waals surface area contributed by atoms with E-state index in [0.717, 1.165) is 21.9 Å². The quantitative estimate of drug-likeness (QED) is 0.632. The maximum atomic E-state index is 11.5. The van der Waals surface area contributed by atoms with E-state index in [9.17, 15) is 4.79 Å². The Bertz CT molecular complexity index is 833. The van der Waals surface area contributed by atoms with Gasteiger partial charge in [-0.05, 0) is 24.3 Å². The van der Waals surface area contributed by atoms with Crippen LogP contribution in [0.25, 0.3) is 21.9 Å². The maximum absolute atomic E-state index is 11.5.